The Labute approximate surface area is 108 Å². The van der Waals surface area contributed by atoms with Crippen molar-refractivity contribution in [1.82, 2.24) is 20.3 Å². The van der Waals surface area contributed by atoms with Crippen LogP contribution in [0.1, 0.15) is 36.7 Å². The van der Waals surface area contributed by atoms with Crippen LogP contribution < -0.4 is 5.32 Å². The van der Waals surface area contributed by atoms with Crippen molar-refractivity contribution in [3.8, 4) is 0 Å². The zero-order valence-electron chi connectivity index (χ0n) is 11.2. The Bertz CT molecular complexity index is 487. The van der Waals surface area contributed by atoms with E-state index in [1.165, 1.54) is 11.1 Å². The Morgan fingerprint density at radius 3 is 2.67 bits per heavy atom. The number of hydrogen-bond donors (Lipinski definition) is 1. The van der Waals surface area contributed by atoms with Gasteiger partial charge in [-0.1, -0.05) is 42.0 Å². The normalized spacial score (nSPS) is 12.6. The summed E-state index contributed by atoms with van der Waals surface area (Å²) >= 11 is 0. The molecule has 4 heteroatoms. The van der Waals surface area contributed by atoms with Gasteiger partial charge in [-0.15, -0.1) is 5.10 Å². The molecule has 18 heavy (non-hydrogen) atoms. The van der Waals surface area contributed by atoms with Crippen molar-refractivity contribution in [1.29, 1.82) is 0 Å². The third kappa shape index (κ3) is 3.17. The monoisotopic (exact) mass is 244 g/mol. The third-order valence-corrected chi connectivity index (χ3v) is 2.98. The van der Waals surface area contributed by atoms with E-state index >= 15 is 0 Å². The van der Waals surface area contributed by atoms with E-state index < -0.39 is 0 Å². The second-order valence-corrected chi connectivity index (χ2v) is 4.61. The van der Waals surface area contributed by atoms with Crippen molar-refractivity contribution in [3.63, 3.8) is 0 Å². The Hall–Kier alpha value is -1.68. The summed E-state index contributed by atoms with van der Waals surface area (Å²) in [5.74, 6) is 0. The van der Waals surface area contributed by atoms with Gasteiger partial charge in [0.2, 0.25) is 0 Å². The molecule has 0 aliphatic rings. The van der Waals surface area contributed by atoms with Gasteiger partial charge in [0, 0.05) is 0 Å². The molecule has 1 aromatic carbocycles. The van der Waals surface area contributed by atoms with Gasteiger partial charge in [0.1, 0.15) is 0 Å². The minimum absolute atomic E-state index is 0.252. The summed E-state index contributed by atoms with van der Waals surface area (Å²) in [6.07, 6.45) is 2.01. The second kappa shape index (κ2) is 5.78. The van der Waals surface area contributed by atoms with E-state index in [9.17, 15) is 0 Å². The average molecular weight is 244 g/mol. The summed E-state index contributed by atoms with van der Waals surface area (Å²) < 4.78 is 1.88. The number of aromatic nitrogens is 3. The van der Waals surface area contributed by atoms with E-state index in [-0.39, 0.29) is 6.04 Å². The maximum Gasteiger partial charge on any atom is 0.0993 e. The standard InChI is InChI=1S/C14H20N4/c1-4-15-12(3)14-10-18(17-16-14)9-13-7-5-11(2)6-8-13/h5-8,10,12,15H,4,9H2,1-3H3. The molecule has 0 aliphatic carbocycles. The number of nitrogens with zero attached hydrogens (tertiary/aromatic N) is 3. The number of nitrogens with one attached hydrogen (secondary N) is 1. The minimum atomic E-state index is 0.252. The van der Waals surface area contributed by atoms with Crippen LogP contribution in [0.25, 0.3) is 0 Å². The molecule has 0 fully saturated rings. The highest BCUT2D eigenvalue weighted by molar-refractivity contribution is 5.21. The fourth-order valence-corrected chi connectivity index (χ4v) is 1.88. The molecule has 1 atom stereocenters. The molecule has 1 heterocycles. The Kier molecular flexibility index (Phi) is 4.10. The lowest BCUT2D eigenvalue weighted by molar-refractivity contribution is 0.581. The molecule has 4 nitrogen and oxygen atoms in total. The molecule has 1 unspecified atom stereocenters. The summed E-state index contributed by atoms with van der Waals surface area (Å²) in [5.41, 5.74) is 3.51. The number of aryl methyl sites for hydroxylation is 1. The van der Waals surface area contributed by atoms with E-state index in [1.54, 1.807) is 0 Å². The maximum absolute atomic E-state index is 4.20. The topological polar surface area (TPSA) is 42.7 Å². The van der Waals surface area contributed by atoms with Crippen LogP contribution >= 0.6 is 0 Å². The van der Waals surface area contributed by atoms with E-state index in [2.05, 4.69) is 60.7 Å². The van der Waals surface area contributed by atoms with Crippen LogP contribution in [0.15, 0.2) is 30.5 Å². The molecule has 2 rings (SSSR count). The first-order chi connectivity index (χ1) is 8.69. The quantitative estimate of drug-likeness (QED) is 0.877. The maximum atomic E-state index is 4.20. The van der Waals surface area contributed by atoms with E-state index in [1.807, 2.05) is 10.9 Å². The molecule has 96 valence electrons. The van der Waals surface area contributed by atoms with Crippen LogP contribution in [0, 0.1) is 6.92 Å². The van der Waals surface area contributed by atoms with Crippen LogP contribution in [0.4, 0.5) is 0 Å². The predicted octanol–water partition coefficient (Wildman–Crippen LogP) is 2.31. The first-order valence-corrected chi connectivity index (χ1v) is 6.38. The lowest BCUT2D eigenvalue weighted by atomic mass is 10.1. The minimum Gasteiger partial charge on any atom is -0.309 e. The molecule has 1 N–H and O–H groups in total. The number of hydrogen-bond acceptors (Lipinski definition) is 3. The van der Waals surface area contributed by atoms with Gasteiger partial charge in [-0.05, 0) is 26.0 Å². The zero-order valence-corrected chi connectivity index (χ0v) is 11.2. The van der Waals surface area contributed by atoms with E-state index in [4.69, 9.17) is 0 Å². The molecular formula is C14H20N4. The lowest BCUT2D eigenvalue weighted by Gasteiger charge is -2.07. The van der Waals surface area contributed by atoms with Gasteiger partial charge in [0.25, 0.3) is 0 Å². The Balaban J connectivity index is 2.04. The van der Waals surface area contributed by atoms with Gasteiger partial charge in [0.15, 0.2) is 0 Å². The highest BCUT2D eigenvalue weighted by atomic mass is 15.4. The largest absolute Gasteiger partial charge is 0.309 e. The van der Waals surface area contributed by atoms with Crippen molar-refractivity contribution in [3.05, 3.63) is 47.3 Å². The SMILES string of the molecule is CCNC(C)c1cn(Cc2ccc(C)cc2)nn1. The van der Waals surface area contributed by atoms with Crippen LogP contribution in [0.3, 0.4) is 0 Å². The van der Waals surface area contributed by atoms with Gasteiger partial charge in [-0.2, -0.15) is 0 Å². The average Bonchev–Trinajstić information content (AvgIpc) is 2.81. The molecule has 0 aliphatic heterocycles. The van der Waals surface area contributed by atoms with E-state index in [0.29, 0.717) is 0 Å². The lowest BCUT2D eigenvalue weighted by Crippen LogP contribution is -2.17. The van der Waals surface area contributed by atoms with Gasteiger partial charge in [-0.3, -0.25) is 0 Å². The molecule has 2 aromatic rings. The Morgan fingerprint density at radius 2 is 2.00 bits per heavy atom. The van der Waals surface area contributed by atoms with Gasteiger partial charge in [-0.25, -0.2) is 4.68 Å². The van der Waals surface area contributed by atoms with Crippen LogP contribution in [0.2, 0.25) is 0 Å². The van der Waals surface area contributed by atoms with Crippen molar-refractivity contribution in [2.45, 2.75) is 33.4 Å². The highest BCUT2D eigenvalue weighted by Gasteiger charge is 2.08. The summed E-state index contributed by atoms with van der Waals surface area (Å²) in [5, 5.41) is 11.7. The van der Waals surface area contributed by atoms with Crippen molar-refractivity contribution < 1.29 is 0 Å². The summed E-state index contributed by atoms with van der Waals surface area (Å²) in [6.45, 7) is 7.99. The zero-order chi connectivity index (χ0) is 13.0. The fourth-order valence-electron chi connectivity index (χ4n) is 1.88. The first-order valence-electron chi connectivity index (χ1n) is 6.38. The number of rotatable bonds is 5. The predicted molar refractivity (Wildman–Crippen MR) is 72.4 cm³/mol. The highest BCUT2D eigenvalue weighted by Crippen LogP contribution is 2.09. The summed E-state index contributed by atoms with van der Waals surface area (Å²) in [4.78, 5) is 0. The summed E-state index contributed by atoms with van der Waals surface area (Å²) in [7, 11) is 0. The van der Waals surface area contributed by atoms with Crippen LogP contribution in [-0.2, 0) is 6.54 Å². The molecule has 0 spiro atoms. The van der Waals surface area contributed by atoms with Gasteiger partial charge >= 0.3 is 0 Å². The summed E-state index contributed by atoms with van der Waals surface area (Å²) in [6, 6.07) is 8.75. The van der Waals surface area contributed by atoms with Crippen LogP contribution in [0.5, 0.6) is 0 Å². The third-order valence-electron chi connectivity index (χ3n) is 2.98. The molecule has 1 aromatic heterocycles. The smallest absolute Gasteiger partial charge is 0.0993 e. The molecule has 0 radical (unpaired) electrons. The van der Waals surface area contributed by atoms with Crippen molar-refractivity contribution in [2.24, 2.45) is 0 Å². The Morgan fingerprint density at radius 1 is 1.28 bits per heavy atom. The van der Waals surface area contributed by atoms with Crippen molar-refractivity contribution >= 4 is 0 Å². The number of benzene rings is 1. The molecule has 0 bridgehead atoms. The molecule has 0 amide bonds. The fraction of sp³-hybridized carbons (Fsp3) is 0.429. The molecular weight excluding hydrogens is 224 g/mol. The first kappa shape index (κ1) is 12.8. The van der Waals surface area contributed by atoms with Gasteiger partial charge < -0.3 is 5.32 Å². The van der Waals surface area contributed by atoms with E-state index in [0.717, 1.165) is 18.8 Å². The molecule has 0 saturated carbocycles. The molecule has 0 saturated heterocycles. The van der Waals surface area contributed by atoms with Gasteiger partial charge in [0.05, 0.1) is 24.5 Å². The van der Waals surface area contributed by atoms with Crippen molar-refractivity contribution in [2.75, 3.05) is 6.54 Å². The van der Waals surface area contributed by atoms with Crippen LogP contribution in [-0.4, -0.2) is 21.5 Å². The second-order valence-electron chi connectivity index (χ2n) is 4.61.